The Morgan fingerprint density at radius 3 is 2.71 bits per heavy atom. The molecule has 3 nitrogen and oxygen atoms in total. The number of halogens is 1. The quantitative estimate of drug-likeness (QED) is 0.796. The summed E-state index contributed by atoms with van der Waals surface area (Å²) in [7, 11) is 1.72. The maximum absolute atomic E-state index is 6.17. The first-order valence-electron chi connectivity index (χ1n) is 5.85. The number of nitrogen functional groups attached to an aromatic ring is 1. The number of rotatable bonds is 6. The normalized spacial score (nSPS) is 13.0. The molecule has 0 amide bonds. The number of ether oxygens (including phenoxy) is 1. The first kappa shape index (κ1) is 14.3. The summed E-state index contributed by atoms with van der Waals surface area (Å²) in [6.07, 6.45) is 0. The van der Waals surface area contributed by atoms with Crippen LogP contribution in [0.2, 0.25) is 5.02 Å². The highest BCUT2D eigenvalue weighted by Gasteiger charge is 2.13. The molecule has 0 fully saturated rings. The molecule has 0 aliphatic carbocycles. The third-order valence-corrected chi connectivity index (χ3v) is 3.24. The van der Waals surface area contributed by atoms with Crippen molar-refractivity contribution in [1.82, 2.24) is 4.90 Å². The Balaban J connectivity index is 2.73. The second-order valence-corrected chi connectivity index (χ2v) is 4.63. The minimum atomic E-state index is 0.374. The summed E-state index contributed by atoms with van der Waals surface area (Å²) in [5, 5.41) is 0.730. The van der Waals surface area contributed by atoms with E-state index in [0.717, 1.165) is 30.3 Å². The zero-order chi connectivity index (χ0) is 12.8. The van der Waals surface area contributed by atoms with Crippen molar-refractivity contribution in [2.24, 2.45) is 0 Å². The average molecular weight is 257 g/mol. The molecule has 0 heterocycles. The third kappa shape index (κ3) is 4.19. The van der Waals surface area contributed by atoms with Crippen molar-refractivity contribution in [3.63, 3.8) is 0 Å². The Bertz CT molecular complexity index is 357. The van der Waals surface area contributed by atoms with Gasteiger partial charge in [-0.1, -0.05) is 24.6 Å². The molecule has 1 rings (SSSR count). The Kier molecular flexibility index (Phi) is 5.75. The van der Waals surface area contributed by atoms with Gasteiger partial charge < -0.3 is 10.5 Å². The van der Waals surface area contributed by atoms with Crippen molar-refractivity contribution in [3.8, 4) is 0 Å². The molecule has 1 unspecified atom stereocenters. The molecule has 1 aromatic rings. The van der Waals surface area contributed by atoms with Crippen LogP contribution in [0.15, 0.2) is 18.2 Å². The summed E-state index contributed by atoms with van der Waals surface area (Å²) in [6, 6.07) is 6.04. The van der Waals surface area contributed by atoms with Crippen LogP contribution >= 0.6 is 11.6 Å². The van der Waals surface area contributed by atoms with Crippen LogP contribution < -0.4 is 5.73 Å². The van der Waals surface area contributed by atoms with Crippen LogP contribution in [0.5, 0.6) is 0 Å². The molecule has 0 spiro atoms. The number of methoxy groups -OCH3 is 1. The molecule has 0 radical (unpaired) electrons. The molecule has 96 valence electrons. The molecule has 1 aromatic carbocycles. The van der Waals surface area contributed by atoms with Gasteiger partial charge in [0.1, 0.15) is 0 Å². The van der Waals surface area contributed by atoms with E-state index < -0.39 is 0 Å². The third-order valence-electron chi connectivity index (χ3n) is 2.89. The Labute approximate surface area is 109 Å². The predicted molar refractivity (Wildman–Crippen MR) is 73.3 cm³/mol. The van der Waals surface area contributed by atoms with Gasteiger partial charge in [0.05, 0.1) is 6.61 Å². The Morgan fingerprint density at radius 2 is 2.18 bits per heavy atom. The van der Waals surface area contributed by atoms with E-state index in [1.54, 1.807) is 13.2 Å². The van der Waals surface area contributed by atoms with Gasteiger partial charge in [-0.2, -0.15) is 0 Å². The maximum atomic E-state index is 6.17. The van der Waals surface area contributed by atoms with E-state index >= 15 is 0 Å². The van der Waals surface area contributed by atoms with Crippen molar-refractivity contribution >= 4 is 17.3 Å². The van der Waals surface area contributed by atoms with Gasteiger partial charge in [0.25, 0.3) is 0 Å². The fourth-order valence-corrected chi connectivity index (χ4v) is 2.09. The van der Waals surface area contributed by atoms with Gasteiger partial charge in [0.15, 0.2) is 0 Å². The van der Waals surface area contributed by atoms with E-state index in [2.05, 4.69) is 18.7 Å². The number of anilines is 1. The van der Waals surface area contributed by atoms with Crippen LogP contribution in [0.3, 0.4) is 0 Å². The first-order chi connectivity index (χ1) is 8.08. The van der Waals surface area contributed by atoms with E-state index in [4.69, 9.17) is 22.1 Å². The number of nitrogens with zero attached hydrogens (tertiary/aromatic N) is 1. The highest BCUT2D eigenvalue weighted by Crippen LogP contribution is 2.21. The fourth-order valence-electron chi connectivity index (χ4n) is 1.84. The summed E-state index contributed by atoms with van der Waals surface area (Å²) in [6.45, 7) is 6.79. The molecule has 2 N–H and O–H groups in total. The number of nitrogens with two attached hydrogens (primary N) is 1. The largest absolute Gasteiger partial charge is 0.399 e. The molecule has 0 aliphatic rings. The van der Waals surface area contributed by atoms with Crippen LogP contribution in [0.4, 0.5) is 5.69 Å². The Morgan fingerprint density at radius 1 is 1.47 bits per heavy atom. The molecule has 0 saturated heterocycles. The van der Waals surface area contributed by atoms with E-state index in [0.29, 0.717) is 11.7 Å². The highest BCUT2D eigenvalue weighted by atomic mass is 35.5. The maximum Gasteiger partial charge on any atom is 0.0615 e. The summed E-state index contributed by atoms with van der Waals surface area (Å²) >= 11 is 6.17. The van der Waals surface area contributed by atoms with Crippen molar-refractivity contribution in [3.05, 3.63) is 28.8 Å². The zero-order valence-corrected chi connectivity index (χ0v) is 11.5. The molecule has 0 bridgehead atoms. The lowest BCUT2D eigenvalue weighted by atomic mass is 10.1. The SMILES string of the molecule is CCN(Cc1ccc(N)cc1Cl)C(C)COC. The monoisotopic (exact) mass is 256 g/mol. The molecule has 4 heteroatoms. The number of hydrogen-bond donors (Lipinski definition) is 1. The summed E-state index contributed by atoms with van der Waals surface area (Å²) in [5.74, 6) is 0. The summed E-state index contributed by atoms with van der Waals surface area (Å²) in [4.78, 5) is 2.32. The molecule has 0 aromatic heterocycles. The lowest BCUT2D eigenvalue weighted by Gasteiger charge is -2.27. The molecular weight excluding hydrogens is 236 g/mol. The molecular formula is C13H21ClN2O. The second kappa shape index (κ2) is 6.84. The topological polar surface area (TPSA) is 38.5 Å². The smallest absolute Gasteiger partial charge is 0.0615 e. The summed E-state index contributed by atoms with van der Waals surface area (Å²) in [5.41, 5.74) is 7.48. The Hall–Kier alpha value is -0.770. The van der Waals surface area contributed by atoms with Crippen LogP contribution in [0, 0.1) is 0 Å². The van der Waals surface area contributed by atoms with Gasteiger partial charge in [0, 0.05) is 30.4 Å². The van der Waals surface area contributed by atoms with Crippen molar-refractivity contribution in [1.29, 1.82) is 0 Å². The van der Waals surface area contributed by atoms with Crippen molar-refractivity contribution in [2.45, 2.75) is 26.4 Å². The minimum Gasteiger partial charge on any atom is -0.399 e. The fraction of sp³-hybridized carbons (Fsp3) is 0.538. The average Bonchev–Trinajstić information content (AvgIpc) is 2.28. The number of benzene rings is 1. The van der Waals surface area contributed by atoms with Gasteiger partial charge in [-0.05, 0) is 31.2 Å². The van der Waals surface area contributed by atoms with E-state index in [-0.39, 0.29) is 0 Å². The first-order valence-corrected chi connectivity index (χ1v) is 6.23. The van der Waals surface area contributed by atoms with Crippen LogP contribution in [0.25, 0.3) is 0 Å². The van der Waals surface area contributed by atoms with E-state index in [9.17, 15) is 0 Å². The second-order valence-electron chi connectivity index (χ2n) is 4.22. The minimum absolute atomic E-state index is 0.374. The molecule has 0 saturated carbocycles. The van der Waals surface area contributed by atoms with Crippen LogP contribution in [-0.2, 0) is 11.3 Å². The van der Waals surface area contributed by atoms with Crippen LogP contribution in [0.1, 0.15) is 19.4 Å². The molecule has 1 atom stereocenters. The predicted octanol–water partition coefficient (Wildman–Crippen LogP) is 2.78. The lowest BCUT2D eigenvalue weighted by Crippen LogP contribution is -2.35. The van der Waals surface area contributed by atoms with Gasteiger partial charge >= 0.3 is 0 Å². The standard InChI is InChI=1S/C13H21ClN2O/c1-4-16(10(2)9-17-3)8-11-5-6-12(15)7-13(11)14/h5-7,10H,4,8-9,15H2,1-3H3. The van der Waals surface area contributed by atoms with E-state index in [1.807, 2.05) is 12.1 Å². The van der Waals surface area contributed by atoms with Gasteiger partial charge in [-0.25, -0.2) is 0 Å². The lowest BCUT2D eigenvalue weighted by molar-refractivity contribution is 0.0982. The number of hydrogen-bond acceptors (Lipinski definition) is 3. The zero-order valence-electron chi connectivity index (χ0n) is 10.7. The van der Waals surface area contributed by atoms with Gasteiger partial charge in [-0.15, -0.1) is 0 Å². The molecule has 0 aliphatic heterocycles. The summed E-state index contributed by atoms with van der Waals surface area (Å²) < 4.78 is 5.18. The van der Waals surface area contributed by atoms with Gasteiger partial charge in [0.2, 0.25) is 0 Å². The van der Waals surface area contributed by atoms with Crippen molar-refractivity contribution in [2.75, 3.05) is 26.0 Å². The van der Waals surface area contributed by atoms with E-state index in [1.165, 1.54) is 0 Å². The van der Waals surface area contributed by atoms with Crippen molar-refractivity contribution < 1.29 is 4.74 Å². The van der Waals surface area contributed by atoms with Gasteiger partial charge in [-0.3, -0.25) is 4.90 Å². The molecule has 17 heavy (non-hydrogen) atoms. The highest BCUT2D eigenvalue weighted by molar-refractivity contribution is 6.31. The number of likely N-dealkylation sites (N-methyl/N-ethyl adjacent to an activating group) is 1. The van der Waals surface area contributed by atoms with Crippen LogP contribution in [-0.4, -0.2) is 31.2 Å².